The molecule has 31 heavy (non-hydrogen) atoms. The Labute approximate surface area is 180 Å². The van der Waals surface area contributed by atoms with E-state index < -0.39 is 10.0 Å². The summed E-state index contributed by atoms with van der Waals surface area (Å²) in [6, 6.07) is 19.5. The normalized spacial score (nSPS) is 14.9. The lowest BCUT2D eigenvalue weighted by molar-refractivity contribution is 0.0951. The van der Waals surface area contributed by atoms with Crippen LogP contribution in [0.15, 0.2) is 72.8 Å². The molecule has 1 amide bonds. The Hall–Kier alpha value is -3.39. The van der Waals surface area contributed by atoms with Crippen LogP contribution in [-0.2, 0) is 16.6 Å². The van der Waals surface area contributed by atoms with E-state index in [1.54, 1.807) is 48.5 Å². The number of benzene rings is 3. The average molecular weight is 440 g/mol. The number of hydrogen-bond acceptors (Lipinski definition) is 4. The number of anilines is 1. The van der Waals surface area contributed by atoms with Gasteiger partial charge in [0.05, 0.1) is 11.4 Å². The molecule has 0 radical (unpaired) electrons. The van der Waals surface area contributed by atoms with Crippen molar-refractivity contribution in [2.24, 2.45) is 0 Å². The van der Waals surface area contributed by atoms with Gasteiger partial charge in [-0.05, 0) is 72.6 Å². The summed E-state index contributed by atoms with van der Waals surface area (Å²) < 4.78 is 44.0. The molecule has 1 saturated heterocycles. The van der Waals surface area contributed by atoms with Crippen LogP contribution in [0.25, 0.3) is 0 Å². The molecule has 1 heterocycles. The Morgan fingerprint density at radius 2 is 1.55 bits per heavy atom. The summed E-state index contributed by atoms with van der Waals surface area (Å²) >= 11 is 0. The summed E-state index contributed by atoms with van der Waals surface area (Å²) in [5, 5.41) is 2.84. The molecule has 8 heteroatoms. The molecule has 3 aromatic rings. The molecule has 1 fully saturated rings. The lowest BCUT2D eigenvalue weighted by atomic mass is 10.1. The predicted molar refractivity (Wildman–Crippen MR) is 116 cm³/mol. The van der Waals surface area contributed by atoms with E-state index in [9.17, 15) is 17.6 Å². The quantitative estimate of drug-likeness (QED) is 0.627. The Morgan fingerprint density at radius 3 is 2.13 bits per heavy atom. The van der Waals surface area contributed by atoms with Crippen molar-refractivity contribution in [1.82, 2.24) is 5.32 Å². The molecule has 1 N–H and O–H groups in total. The fourth-order valence-electron chi connectivity index (χ4n) is 3.31. The zero-order valence-corrected chi connectivity index (χ0v) is 17.4. The zero-order chi connectivity index (χ0) is 21.8. The Bertz CT molecular complexity index is 1160. The number of amides is 1. The van der Waals surface area contributed by atoms with Gasteiger partial charge in [-0.2, -0.15) is 0 Å². The van der Waals surface area contributed by atoms with Crippen LogP contribution in [0, 0.1) is 5.82 Å². The Morgan fingerprint density at radius 1 is 0.935 bits per heavy atom. The first-order valence-corrected chi connectivity index (χ1v) is 11.4. The lowest BCUT2D eigenvalue weighted by Crippen LogP contribution is -2.25. The van der Waals surface area contributed by atoms with Crippen molar-refractivity contribution in [1.29, 1.82) is 0 Å². The minimum Gasteiger partial charge on any atom is -0.457 e. The molecule has 4 rings (SSSR count). The van der Waals surface area contributed by atoms with Crippen LogP contribution in [0.1, 0.15) is 22.3 Å². The van der Waals surface area contributed by atoms with Crippen molar-refractivity contribution in [2.75, 3.05) is 16.6 Å². The van der Waals surface area contributed by atoms with Crippen molar-refractivity contribution in [2.45, 2.75) is 13.0 Å². The maximum absolute atomic E-state index is 13.0. The highest BCUT2D eigenvalue weighted by atomic mass is 32.2. The van der Waals surface area contributed by atoms with Gasteiger partial charge in [0.1, 0.15) is 17.3 Å². The second kappa shape index (κ2) is 8.77. The monoisotopic (exact) mass is 440 g/mol. The first-order valence-electron chi connectivity index (χ1n) is 9.82. The van der Waals surface area contributed by atoms with E-state index in [2.05, 4.69) is 5.32 Å². The molecule has 0 unspecified atom stereocenters. The van der Waals surface area contributed by atoms with Crippen LogP contribution in [0.2, 0.25) is 0 Å². The zero-order valence-electron chi connectivity index (χ0n) is 16.6. The van der Waals surface area contributed by atoms with Crippen molar-refractivity contribution in [3.05, 3.63) is 89.7 Å². The second-order valence-corrected chi connectivity index (χ2v) is 9.18. The number of hydrogen-bond donors (Lipinski definition) is 1. The molecule has 0 aliphatic carbocycles. The van der Waals surface area contributed by atoms with E-state index in [-0.39, 0.29) is 17.5 Å². The average Bonchev–Trinajstić information content (AvgIpc) is 3.13. The molecular weight excluding hydrogens is 419 g/mol. The fourth-order valence-corrected chi connectivity index (χ4v) is 4.87. The molecule has 0 bridgehead atoms. The molecule has 0 aromatic heterocycles. The van der Waals surface area contributed by atoms with E-state index in [1.165, 1.54) is 16.4 Å². The topological polar surface area (TPSA) is 75.7 Å². The first-order chi connectivity index (χ1) is 14.9. The fraction of sp³-hybridized carbons (Fsp3) is 0.174. The van der Waals surface area contributed by atoms with Crippen LogP contribution in [-0.4, -0.2) is 26.6 Å². The number of ether oxygens (including phenoxy) is 1. The number of nitrogens with zero attached hydrogens (tertiary/aromatic N) is 1. The summed E-state index contributed by atoms with van der Waals surface area (Å²) in [6.07, 6.45) is 0.609. The van der Waals surface area contributed by atoms with Gasteiger partial charge in [0, 0.05) is 18.7 Å². The van der Waals surface area contributed by atoms with Gasteiger partial charge in [-0.15, -0.1) is 0 Å². The van der Waals surface area contributed by atoms with Crippen molar-refractivity contribution in [3.8, 4) is 11.5 Å². The van der Waals surface area contributed by atoms with Gasteiger partial charge in [0.15, 0.2) is 0 Å². The van der Waals surface area contributed by atoms with Crippen molar-refractivity contribution in [3.63, 3.8) is 0 Å². The smallest absolute Gasteiger partial charge is 0.251 e. The van der Waals surface area contributed by atoms with Crippen LogP contribution in [0.4, 0.5) is 10.1 Å². The Balaban J connectivity index is 1.32. The number of rotatable bonds is 6. The molecule has 1 aliphatic heterocycles. The molecule has 0 spiro atoms. The van der Waals surface area contributed by atoms with Gasteiger partial charge < -0.3 is 10.1 Å². The summed E-state index contributed by atoms with van der Waals surface area (Å²) in [4.78, 5) is 12.4. The number of sulfonamides is 1. The SMILES string of the molecule is O=C(NCc1ccc(Oc2ccc(F)cc2)cc1)c1ccc(N2CCCS2(=O)=O)cc1. The van der Waals surface area contributed by atoms with Crippen LogP contribution in [0.5, 0.6) is 11.5 Å². The minimum absolute atomic E-state index is 0.156. The minimum atomic E-state index is -3.24. The number of carbonyl (C=O) groups is 1. The maximum Gasteiger partial charge on any atom is 0.251 e. The summed E-state index contributed by atoms with van der Waals surface area (Å²) in [7, 11) is -3.24. The highest BCUT2D eigenvalue weighted by Gasteiger charge is 2.28. The third kappa shape index (κ3) is 5.03. The van der Waals surface area contributed by atoms with E-state index in [1.807, 2.05) is 12.1 Å². The molecule has 1 aliphatic rings. The van der Waals surface area contributed by atoms with Gasteiger partial charge in [-0.1, -0.05) is 12.1 Å². The molecule has 0 atom stereocenters. The van der Waals surface area contributed by atoms with Crippen molar-refractivity contribution >= 4 is 21.6 Å². The van der Waals surface area contributed by atoms with Crippen LogP contribution < -0.4 is 14.4 Å². The van der Waals surface area contributed by atoms with E-state index in [4.69, 9.17) is 4.74 Å². The number of halogens is 1. The van der Waals surface area contributed by atoms with Gasteiger partial charge in [-0.25, -0.2) is 12.8 Å². The highest BCUT2D eigenvalue weighted by Crippen LogP contribution is 2.24. The van der Waals surface area contributed by atoms with Gasteiger partial charge in [-0.3, -0.25) is 9.10 Å². The van der Waals surface area contributed by atoms with Crippen LogP contribution >= 0.6 is 0 Å². The molecule has 6 nitrogen and oxygen atoms in total. The third-order valence-corrected chi connectivity index (χ3v) is 6.81. The standard InChI is InChI=1S/C23H21FN2O4S/c24-19-6-12-22(13-7-19)30-21-10-2-17(3-11-21)16-25-23(27)18-4-8-20(9-5-18)26-14-1-15-31(26,28)29/h2-13H,1,14-16H2,(H,25,27). The molecule has 160 valence electrons. The largest absolute Gasteiger partial charge is 0.457 e. The first kappa shape index (κ1) is 20.9. The summed E-state index contributed by atoms with van der Waals surface area (Å²) in [6.45, 7) is 0.798. The Kier molecular flexibility index (Phi) is 5.90. The molecular formula is C23H21FN2O4S. The highest BCUT2D eigenvalue weighted by molar-refractivity contribution is 7.93. The van der Waals surface area contributed by atoms with E-state index >= 15 is 0 Å². The van der Waals surface area contributed by atoms with Crippen LogP contribution in [0.3, 0.4) is 0 Å². The van der Waals surface area contributed by atoms with Crippen molar-refractivity contribution < 1.29 is 22.3 Å². The number of nitrogens with one attached hydrogen (secondary N) is 1. The van der Waals surface area contributed by atoms with Gasteiger partial charge >= 0.3 is 0 Å². The third-order valence-electron chi connectivity index (χ3n) is 4.94. The van der Waals surface area contributed by atoms with E-state index in [0.29, 0.717) is 42.3 Å². The molecule has 0 saturated carbocycles. The number of carbonyl (C=O) groups excluding carboxylic acids is 1. The predicted octanol–water partition coefficient (Wildman–Crippen LogP) is 4.09. The van der Waals surface area contributed by atoms with E-state index in [0.717, 1.165) is 5.56 Å². The van der Waals surface area contributed by atoms with Gasteiger partial charge in [0.25, 0.3) is 5.91 Å². The van der Waals surface area contributed by atoms with Gasteiger partial charge in [0.2, 0.25) is 10.0 Å². The summed E-state index contributed by atoms with van der Waals surface area (Å²) in [5.74, 6) is 0.724. The maximum atomic E-state index is 13.0. The second-order valence-electron chi connectivity index (χ2n) is 7.17. The molecule has 3 aromatic carbocycles. The summed E-state index contributed by atoms with van der Waals surface area (Å²) in [5.41, 5.74) is 1.92. The lowest BCUT2D eigenvalue weighted by Gasteiger charge is -2.17.